The number of pyridine rings is 1. The highest BCUT2D eigenvalue weighted by Crippen LogP contribution is 2.47. The summed E-state index contributed by atoms with van der Waals surface area (Å²) in [7, 11) is 4.15. The second-order valence-electron chi connectivity index (χ2n) is 8.93. The van der Waals surface area contributed by atoms with Gasteiger partial charge in [-0.1, -0.05) is 25.5 Å². The van der Waals surface area contributed by atoms with Crippen LogP contribution in [-0.2, 0) is 0 Å². The number of likely N-dealkylation sites (N-methyl/N-ethyl adjacent to an activating group) is 1. The molecular weight excluding hydrogens is 405 g/mol. The van der Waals surface area contributed by atoms with Gasteiger partial charge in [0.05, 0.1) is 17.1 Å². The molecule has 1 aliphatic rings. The van der Waals surface area contributed by atoms with E-state index in [2.05, 4.69) is 59.4 Å². The number of anilines is 1. The highest BCUT2D eigenvalue weighted by atomic mass is 19.1. The number of H-pyrrole nitrogens is 1. The Morgan fingerprint density at radius 2 is 2.03 bits per heavy atom. The smallest absolute Gasteiger partial charge is 0.272 e. The lowest BCUT2D eigenvalue weighted by atomic mass is 9.75. The summed E-state index contributed by atoms with van der Waals surface area (Å²) in [5.74, 6) is -0.239. The van der Waals surface area contributed by atoms with E-state index in [1.54, 1.807) is 12.4 Å². The van der Waals surface area contributed by atoms with Gasteiger partial charge >= 0.3 is 0 Å². The summed E-state index contributed by atoms with van der Waals surface area (Å²) in [6.45, 7) is 5.28. The second-order valence-corrected chi connectivity index (χ2v) is 8.93. The molecule has 3 aromatic rings. The standard InChI is InChI=1S/C25H30FN5O/c1-5-6-16(14-31(3)4)11-15(2)21-23(17-7-9-27-10-8-17)28-20-13-18(26)12-19-22(20)24(21)29-30-25(19)32/h6-10,12-13,15,21,23,28H,5,11,14H2,1-4H3,(H,30,32). The highest BCUT2D eigenvalue weighted by Gasteiger charge is 2.37. The lowest BCUT2D eigenvalue weighted by Gasteiger charge is -2.38. The zero-order valence-electron chi connectivity index (χ0n) is 19.0. The average molecular weight is 436 g/mol. The van der Waals surface area contributed by atoms with Crippen LogP contribution in [0, 0.1) is 11.7 Å². The monoisotopic (exact) mass is 435 g/mol. The fourth-order valence-corrected chi connectivity index (χ4v) is 4.97. The quantitative estimate of drug-likeness (QED) is 0.529. The first-order valence-electron chi connectivity index (χ1n) is 11.1. The Hall–Kier alpha value is -3.06. The summed E-state index contributed by atoms with van der Waals surface area (Å²) in [6, 6.07) is 6.59. The molecule has 0 saturated carbocycles. The van der Waals surface area contributed by atoms with Gasteiger partial charge in [-0.3, -0.25) is 9.78 Å². The third kappa shape index (κ3) is 4.30. The lowest BCUT2D eigenvalue weighted by Crippen LogP contribution is -2.31. The van der Waals surface area contributed by atoms with Crippen molar-refractivity contribution in [2.75, 3.05) is 26.0 Å². The van der Waals surface area contributed by atoms with Crippen LogP contribution < -0.4 is 10.9 Å². The molecule has 3 atom stereocenters. The van der Waals surface area contributed by atoms with Crippen molar-refractivity contribution >= 4 is 16.5 Å². The van der Waals surface area contributed by atoms with E-state index < -0.39 is 5.82 Å². The van der Waals surface area contributed by atoms with Crippen molar-refractivity contribution in [2.45, 2.75) is 38.6 Å². The number of benzene rings is 1. The molecule has 1 aliphatic heterocycles. The van der Waals surface area contributed by atoms with Gasteiger partial charge in [0.15, 0.2) is 0 Å². The molecule has 32 heavy (non-hydrogen) atoms. The Labute approximate surface area is 187 Å². The van der Waals surface area contributed by atoms with Crippen LogP contribution in [0.15, 0.2) is 53.1 Å². The molecule has 0 aliphatic carbocycles. The number of nitrogens with one attached hydrogen (secondary N) is 2. The van der Waals surface area contributed by atoms with Crippen molar-refractivity contribution in [3.63, 3.8) is 0 Å². The van der Waals surface area contributed by atoms with E-state index in [4.69, 9.17) is 0 Å². The van der Waals surface area contributed by atoms with Crippen molar-refractivity contribution in [3.8, 4) is 0 Å². The van der Waals surface area contributed by atoms with Crippen LogP contribution in [0.4, 0.5) is 10.1 Å². The van der Waals surface area contributed by atoms with Gasteiger partial charge in [0.25, 0.3) is 5.56 Å². The molecule has 4 rings (SSSR count). The largest absolute Gasteiger partial charge is 0.377 e. The van der Waals surface area contributed by atoms with Crippen molar-refractivity contribution < 1.29 is 4.39 Å². The Morgan fingerprint density at radius 3 is 2.72 bits per heavy atom. The first-order chi connectivity index (χ1) is 15.4. The van der Waals surface area contributed by atoms with Crippen LogP contribution in [0.1, 0.15) is 49.9 Å². The summed E-state index contributed by atoms with van der Waals surface area (Å²) in [6.07, 6.45) is 7.72. The van der Waals surface area contributed by atoms with Crippen molar-refractivity contribution in [1.82, 2.24) is 20.1 Å². The molecule has 0 saturated heterocycles. The summed E-state index contributed by atoms with van der Waals surface area (Å²) in [5.41, 5.74) is 3.48. The molecule has 7 heteroatoms. The van der Waals surface area contributed by atoms with Gasteiger partial charge in [-0.2, -0.15) is 5.10 Å². The maximum atomic E-state index is 14.3. The summed E-state index contributed by atoms with van der Waals surface area (Å²) >= 11 is 0. The summed E-state index contributed by atoms with van der Waals surface area (Å²) in [5, 5.41) is 11.7. The van der Waals surface area contributed by atoms with E-state index in [1.165, 1.54) is 17.7 Å². The van der Waals surface area contributed by atoms with Crippen molar-refractivity contribution in [3.05, 3.63) is 75.7 Å². The zero-order valence-corrected chi connectivity index (χ0v) is 19.0. The maximum absolute atomic E-state index is 14.3. The molecule has 0 fully saturated rings. The zero-order chi connectivity index (χ0) is 22.8. The third-order valence-corrected chi connectivity index (χ3v) is 6.14. The van der Waals surface area contributed by atoms with Gasteiger partial charge in [-0.15, -0.1) is 0 Å². The fourth-order valence-electron chi connectivity index (χ4n) is 4.97. The Bertz CT molecular complexity index is 1190. The van der Waals surface area contributed by atoms with Gasteiger partial charge in [0, 0.05) is 35.9 Å². The van der Waals surface area contributed by atoms with Crippen molar-refractivity contribution in [1.29, 1.82) is 0 Å². The first kappa shape index (κ1) is 22.1. The van der Waals surface area contributed by atoms with E-state index in [0.717, 1.165) is 30.6 Å². The van der Waals surface area contributed by atoms with Gasteiger partial charge in [0.1, 0.15) is 5.82 Å². The Balaban J connectivity index is 1.85. The molecular formula is C25H30FN5O. The first-order valence-corrected chi connectivity index (χ1v) is 11.1. The molecule has 3 heterocycles. The average Bonchev–Trinajstić information content (AvgIpc) is 2.75. The van der Waals surface area contributed by atoms with E-state index in [0.29, 0.717) is 16.5 Å². The van der Waals surface area contributed by atoms with Crippen molar-refractivity contribution in [2.24, 2.45) is 5.92 Å². The molecule has 168 valence electrons. The molecule has 0 amide bonds. The van der Waals surface area contributed by atoms with Gasteiger partial charge in [-0.05, 0) is 62.7 Å². The molecule has 2 aromatic heterocycles. The molecule has 6 nitrogen and oxygen atoms in total. The predicted octanol–water partition coefficient (Wildman–Crippen LogP) is 4.63. The minimum absolute atomic E-state index is 0.0165. The summed E-state index contributed by atoms with van der Waals surface area (Å²) in [4.78, 5) is 18.8. The number of halogens is 1. The molecule has 0 bridgehead atoms. The molecule has 2 N–H and O–H groups in total. The van der Waals surface area contributed by atoms with Crippen LogP contribution in [0.25, 0.3) is 10.8 Å². The predicted molar refractivity (Wildman–Crippen MR) is 126 cm³/mol. The number of rotatable bonds is 7. The number of allylic oxidation sites excluding steroid dienone is 1. The third-order valence-electron chi connectivity index (χ3n) is 6.14. The molecule has 1 aromatic carbocycles. The number of hydrogen-bond donors (Lipinski definition) is 2. The van der Waals surface area contributed by atoms with E-state index in [1.807, 2.05) is 12.1 Å². The van der Waals surface area contributed by atoms with E-state index in [-0.39, 0.29) is 23.4 Å². The maximum Gasteiger partial charge on any atom is 0.272 e. The van der Waals surface area contributed by atoms with Crippen LogP contribution in [0.2, 0.25) is 0 Å². The second kappa shape index (κ2) is 9.20. The Morgan fingerprint density at radius 1 is 1.28 bits per heavy atom. The number of nitrogens with zero attached hydrogens (tertiary/aromatic N) is 3. The van der Waals surface area contributed by atoms with E-state index in [9.17, 15) is 9.18 Å². The minimum Gasteiger partial charge on any atom is -0.377 e. The fraction of sp³-hybridized carbons (Fsp3) is 0.400. The van der Waals surface area contributed by atoms with Gasteiger partial charge in [0.2, 0.25) is 0 Å². The lowest BCUT2D eigenvalue weighted by molar-refractivity contribution is 0.375. The molecule has 0 radical (unpaired) electrons. The van der Waals surface area contributed by atoms with Gasteiger partial charge in [-0.25, -0.2) is 9.49 Å². The number of hydrogen-bond acceptors (Lipinski definition) is 5. The summed E-state index contributed by atoms with van der Waals surface area (Å²) < 4.78 is 14.3. The normalized spacial score (nSPS) is 19.2. The number of aromatic nitrogens is 3. The van der Waals surface area contributed by atoms with Crippen LogP contribution in [-0.4, -0.2) is 40.7 Å². The highest BCUT2D eigenvalue weighted by molar-refractivity contribution is 5.97. The van der Waals surface area contributed by atoms with Crippen LogP contribution in [0.3, 0.4) is 0 Å². The Kier molecular flexibility index (Phi) is 6.37. The van der Waals surface area contributed by atoms with Gasteiger partial charge < -0.3 is 10.2 Å². The molecule has 0 spiro atoms. The van der Waals surface area contributed by atoms with E-state index >= 15 is 0 Å². The number of aromatic amines is 1. The molecule has 3 unspecified atom stereocenters. The van der Waals surface area contributed by atoms with Crippen LogP contribution in [0.5, 0.6) is 0 Å². The van der Waals surface area contributed by atoms with Crippen LogP contribution >= 0.6 is 0 Å². The SMILES string of the molecule is CCC=C(CC(C)C1c2n[nH]c(=O)c3cc(F)cc(c23)NC1c1ccncc1)CN(C)C. The topological polar surface area (TPSA) is 73.9 Å². The minimum atomic E-state index is -0.443.